The molecule has 6 heteroatoms. The number of rotatable bonds is 6. The Balaban J connectivity index is 2.20. The lowest BCUT2D eigenvalue weighted by Gasteiger charge is -2.15. The molecule has 0 spiro atoms. The molecule has 0 saturated carbocycles. The van der Waals surface area contributed by atoms with E-state index in [0.717, 1.165) is 12.0 Å². The van der Waals surface area contributed by atoms with Gasteiger partial charge in [0.2, 0.25) is 5.91 Å². The van der Waals surface area contributed by atoms with Gasteiger partial charge in [-0.3, -0.25) is 14.4 Å². The number of amides is 2. The first-order valence-corrected chi connectivity index (χ1v) is 8.69. The second-order valence-corrected chi connectivity index (χ2v) is 6.48. The van der Waals surface area contributed by atoms with Crippen molar-refractivity contribution in [3.05, 3.63) is 63.6 Å². The minimum Gasteiger partial charge on any atom is -0.352 e. The summed E-state index contributed by atoms with van der Waals surface area (Å²) in [5, 5.41) is 5.47. The summed E-state index contributed by atoms with van der Waals surface area (Å²) in [4.78, 5) is 37.1. The van der Waals surface area contributed by atoms with Crippen molar-refractivity contribution in [3.8, 4) is 0 Å². The molecule has 0 aliphatic rings. The van der Waals surface area contributed by atoms with Crippen molar-refractivity contribution in [2.24, 2.45) is 0 Å². The molecule has 0 fully saturated rings. The molecule has 26 heavy (non-hydrogen) atoms. The van der Waals surface area contributed by atoms with Gasteiger partial charge in [0.1, 0.15) is 12.2 Å². The average Bonchev–Trinajstić information content (AvgIpc) is 2.61. The lowest BCUT2D eigenvalue weighted by molar-refractivity contribution is -0.122. The van der Waals surface area contributed by atoms with Crippen molar-refractivity contribution in [2.45, 2.75) is 46.7 Å². The summed E-state index contributed by atoms with van der Waals surface area (Å²) in [5.41, 5.74) is 1.92. The topological polar surface area (TPSA) is 80.2 Å². The minimum absolute atomic E-state index is 0.0444. The Hall–Kier alpha value is -2.89. The van der Waals surface area contributed by atoms with Gasteiger partial charge in [-0.1, -0.05) is 24.6 Å². The summed E-state index contributed by atoms with van der Waals surface area (Å²) in [6.45, 7) is 7.49. The molecule has 1 unspecified atom stereocenters. The maximum Gasteiger partial charge on any atom is 0.274 e. The highest BCUT2D eigenvalue weighted by Gasteiger charge is 2.14. The second kappa shape index (κ2) is 8.47. The van der Waals surface area contributed by atoms with E-state index >= 15 is 0 Å². The van der Waals surface area contributed by atoms with Crippen LogP contribution in [0.3, 0.4) is 0 Å². The fourth-order valence-electron chi connectivity index (χ4n) is 2.43. The zero-order chi connectivity index (χ0) is 19.3. The third-order valence-corrected chi connectivity index (χ3v) is 4.28. The molecule has 0 bridgehead atoms. The van der Waals surface area contributed by atoms with E-state index in [9.17, 15) is 14.4 Å². The summed E-state index contributed by atoms with van der Waals surface area (Å²) < 4.78 is 1.36. The van der Waals surface area contributed by atoms with E-state index in [-0.39, 0.29) is 30.1 Å². The normalized spacial score (nSPS) is 11.7. The highest BCUT2D eigenvalue weighted by Crippen LogP contribution is 2.08. The number of hydrogen-bond acceptors (Lipinski definition) is 3. The molecule has 0 saturated heterocycles. The Morgan fingerprint density at radius 3 is 2.35 bits per heavy atom. The molecule has 2 aromatic rings. The van der Waals surface area contributed by atoms with E-state index in [1.54, 1.807) is 31.2 Å². The standard InChI is InChI=1S/C20H25N3O3/c1-5-14(3)21-18(24)12-23-15(4)8-11-17(20(23)26)22-19(25)16-9-6-13(2)7-10-16/h6-11,14H,5,12H2,1-4H3,(H,21,24)(H,22,25). The predicted octanol–water partition coefficient (Wildman–Crippen LogP) is 2.63. The quantitative estimate of drug-likeness (QED) is 0.836. The zero-order valence-corrected chi connectivity index (χ0v) is 15.6. The molecule has 2 rings (SSSR count). The summed E-state index contributed by atoms with van der Waals surface area (Å²) in [6.07, 6.45) is 0.812. The predicted molar refractivity (Wildman–Crippen MR) is 102 cm³/mol. The first kappa shape index (κ1) is 19.4. The number of pyridine rings is 1. The van der Waals surface area contributed by atoms with Crippen LogP contribution in [0, 0.1) is 13.8 Å². The minimum atomic E-state index is -0.398. The molecule has 138 valence electrons. The van der Waals surface area contributed by atoms with E-state index in [1.807, 2.05) is 32.9 Å². The number of aryl methyl sites for hydroxylation is 2. The van der Waals surface area contributed by atoms with Gasteiger partial charge in [0.05, 0.1) is 0 Å². The van der Waals surface area contributed by atoms with Crippen LogP contribution in [0.2, 0.25) is 0 Å². The van der Waals surface area contributed by atoms with Gasteiger partial charge >= 0.3 is 0 Å². The van der Waals surface area contributed by atoms with E-state index in [1.165, 1.54) is 4.57 Å². The van der Waals surface area contributed by atoms with Crippen LogP contribution >= 0.6 is 0 Å². The highest BCUT2D eigenvalue weighted by molar-refractivity contribution is 6.04. The molecular formula is C20H25N3O3. The van der Waals surface area contributed by atoms with Gasteiger partial charge in [-0.15, -0.1) is 0 Å². The number of nitrogens with one attached hydrogen (secondary N) is 2. The van der Waals surface area contributed by atoms with Gasteiger partial charge in [-0.25, -0.2) is 0 Å². The van der Waals surface area contributed by atoms with E-state index in [0.29, 0.717) is 11.3 Å². The van der Waals surface area contributed by atoms with E-state index in [4.69, 9.17) is 0 Å². The van der Waals surface area contributed by atoms with Crippen LogP contribution in [-0.4, -0.2) is 22.4 Å². The van der Waals surface area contributed by atoms with Crippen LogP contribution in [0.15, 0.2) is 41.2 Å². The van der Waals surface area contributed by atoms with Crippen molar-refractivity contribution in [1.82, 2.24) is 9.88 Å². The van der Waals surface area contributed by atoms with E-state index < -0.39 is 5.56 Å². The molecule has 1 aromatic heterocycles. The van der Waals surface area contributed by atoms with Crippen LogP contribution in [0.4, 0.5) is 5.69 Å². The third-order valence-electron chi connectivity index (χ3n) is 4.28. The Kier molecular flexibility index (Phi) is 6.33. The van der Waals surface area contributed by atoms with Gasteiger partial charge in [-0.05, 0) is 51.5 Å². The monoisotopic (exact) mass is 355 g/mol. The van der Waals surface area contributed by atoms with Gasteiger partial charge in [0.25, 0.3) is 11.5 Å². The summed E-state index contributed by atoms with van der Waals surface area (Å²) in [7, 11) is 0. The molecule has 1 heterocycles. The number of nitrogens with zero attached hydrogens (tertiary/aromatic N) is 1. The summed E-state index contributed by atoms with van der Waals surface area (Å²) in [5.74, 6) is -0.590. The van der Waals surface area contributed by atoms with Crippen molar-refractivity contribution >= 4 is 17.5 Å². The van der Waals surface area contributed by atoms with Gasteiger partial charge in [-0.2, -0.15) is 0 Å². The van der Waals surface area contributed by atoms with Gasteiger partial charge in [0.15, 0.2) is 0 Å². The molecule has 0 aliphatic carbocycles. The number of anilines is 1. The maximum absolute atomic E-state index is 12.7. The molecule has 2 amide bonds. The number of benzene rings is 1. The molecular weight excluding hydrogens is 330 g/mol. The molecule has 0 aliphatic heterocycles. The Morgan fingerprint density at radius 1 is 1.08 bits per heavy atom. The summed E-state index contributed by atoms with van der Waals surface area (Å²) in [6, 6.07) is 10.4. The lowest BCUT2D eigenvalue weighted by Crippen LogP contribution is -2.38. The number of carbonyl (C=O) groups is 2. The van der Waals surface area contributed by atoms with Crippen LogP contribution < -0.4 is 16.2 Å². The molecule has 0 radical (unpaired) electrons. The van der Waals surface area contributed by atoms with Crippen LogP contribution in [0.1, 0.15) is 41.9 Å². The van der Waals surface area contributed by atoms with Crippen molar-refractivity contribution in [3.63, 3.8) is 0 Å². The van der Waals surface area contributed by atoms with Gasteiger partial charge in [0, 0.05) is 17.3 Å². The van der Waals surface area contributed by atoms with Crippen molar-refractivity contribution in [2.75, 3.05) is 5.32 Å². The third kappa shape index (κ3) is 4.81. The van der Waals surface area contributed by atoms with Crippen LogP contribution in [-0.2, 0) is 11.3 Å². The molecule has 6 nitrogen and oxygen atoms in total. The van der Waals surface area contributed by atoms with Crippen molar-refractivity contribution < 1.29 is 9.59 Å². The molecule has 1 aromatic carbocycles. The average molecular weight is 355 g/mol. The van der Waals surface area contributed by atoms with E-state index in [2.05, 4.69) is 10.6 Å². The second-order valence-electron chi connectivity index (χ2n) is 6.48. The smallest absolute Gasteiger partial charge is 0.274 e. The highest BCUT2D eigenvalue weighted by atomic mass is 16.2. The Morgan fingerprint density at radius 2 is 1.73 bits per heavy atom. The van der Waals surface area contributed by atoms with Gasteiger partial charge < -0.3 is 15.2 Å². The largest absolute Gasteiger partial charge is 0.352 e. The first-order valence-electron chi connectivity index (χ1n) is 8.69. The molecule has 2 N–H and O–H groups in total. The number of carbonyl (C=O) groups excluding carboxylic acids is 2. The number of aromatic nitrogens is 1. The van der Waals surface area contributed by atoms with Crippen molar-refractivity contribution in [1.29, 1.82) is 0 Å². The zero-order valence-electron chi connectivity index (χ0n) is 15.6. The maximum atomic E-state index is 12.7. The van der Waals surface area contributed by atoms with Crippen LogP contribution in [0.5, 0.6) is 0 Å². The SMILES string of the molecule is CCC(C)NC(=O)Cn1c(C)ccc(NC(=O)c2ccc(C)cc2)c1=O. The fraction of sp³-hybridized carbons (Fsp3) is 0.350. The van der Waals surface area contributed by atoms with Crippen LogP contribution in [0.25, 0.3) is 0 Å². The Labute approximate surface area is 153 Å². The lowest BCUT2D eigenvalue weighted by atomic mass is 10.1. The molecule has 1 atom stereocenters. The number of hydrogen-bond donors (Lipinski definition) is 2. The summed E-state index contributed by atoms with van der Waals surface area (Å²) >= 11 is 0. The Bertz CT molecular complexity index is 854. The fourth-order valence-corrected chi connectivity index (χ4v) is 2.43. The first-order chi connectivity index (χ1) is 12.3.